The van der Waals surface area contributed by atoms with E-state index in [-0.39, 0.29) is 24.3 Å². The van der Waals surface area contributed by atoms with E-state index in [1.165, 1.54) is 19.3 Å². The molecule has 6 nitrogen and oxygen atoms in total. The van der Waals surface area contributed by atoms with Crippen molar-refractivity contribution < 1.29 is 14.4 Å². The van der Waals surface area contributed by atoms with Gasteiger partial charge in [0.05, 0.1) is 6.54 Å². The zero-order valence-corrected chi connectivity index (χ0v) is 16.3. The number of benzene rings is 1. The topological polar surface area (TPSA) is 78.5 Å². The Labute approximate surface area is 166 Å². The Hall–Kier alpha value is -2.63. The van der Waals surface area contributed by atoms with Crippen molar-refractivity contribution in [2.45, 2.75) is 51.4 Å². The van der Waals surface area contributed by atoms with Crippen molar-refractivity contribution in [1.82, 2.24) is 5.32 Å². The molecule has 2 N–H and O–H groups in total. The average Bonchev–Trinajstić information content (AvgIpc) is 2.72. The lowest BCUT2D eigenvalue weighted by molar-refractivity contribution is -0.122. The summed E-state index contributed by atoms with van der Waals surface area (Å²) in [5, 5.41) is 5.61. The van der Waals surface area contributed by atoms with Gasteiger partial charge in [-0.25, -0.2) is 0 Å². The van der Waals surface area contributed by atoms with Crippen LogP contribution in [0.2, 0.25) is 0 Å². The fourth-order valence-electron chi connectivity index (χ4n) is 4.19. The van der Waals surface area contributed by atoms with E-state index in [1.807, 2.05) is 18.2 Å². The monoisotopic (exact) mass is 383 g/mol. The van der Waals surface area contributed by atoms with Crippen LogP contribution in [0.4, 0.5) is 11.4 Å². The van der Waals surface area contributed by atoms with E-state index in [9.17, 15) is 14.4 Å². The minimum atomic E-state index is -0.366. The van der Waals surface area contributed by atoms with Gasteiger partial charge in [0.25, 0.3) is 0 Å². The third-order valence-corrected chi connectivity index (χ3v) is 5.62. The molecule has 0 atom stereocenters. The van der Waals surface area contributed by atoms with Gasteiger partial charge in [0.2, 0.25) is 17.7 Å². The number of hydrogen-bond acceptors (Lipinski definition) is 3. The SMILES string of the molecule is C=CC(=O)NCC(=O)N1CCCc2c(NC(=O)CC3CCCCC3)cccc21. The van der Waals surface area contributed by atoms with Gasteiger partial charge in [-0.05, 0) is 55.4 Å². The molecule has 1 aliphatic heterocycles. The minimum Gasteiger partial charge on any atom is -0.343 e. The van der Waals surface area contributed by atoms with E-state index in [0.29, 0.717) is 18.9 Å². The molecule has 0 saturated heterocycles. The third kappa shape index (κ3) is 5.00. The molecule has 1 aliphatic carbocycles. The molecule has 3 amide bonds. The van der Waals surface area contributed by atoms with Crippen LogP contribution in [0.1, 0.15) is 50.5 Å². The molecule has 0 spiro atoms. The molecule has 2 aliphatic rings. The third-order valence-electron chi connectivity index (χ3n) is 5.62. The number of amides is 3. The second-order valence-electron chi connectivity index (χ2n) is 7.63. The number of rotatable bonds is 6. The number of anilines is 2. The van der Waals surface area contributed by atoms with Crippen molar-refractivity contribution in [3.8, 4) is 0 Å². The van der Waals surface area contributed by atoms with Gasteiger partial charge in [0, 0.05) is 24.3 Å². The van der Waals surface area contributed by atoms with Crippen LogP contribution in [0.15, 0.2) is 30.9 Å². The van der Waals surface area contributed by atoms with Crippen LogP contribution in [0.3, 0.4) is 0 Å². The lowest BCUT2D eigenvalue weighted by atomic mass is 9.87. The van der Waals surface area contributed by atoms with E-state index in [2.05, 4.69) is 17.2 Å². The van der Waals surface area contributed by atoms with Crippen molar-refractivity contribution in [2.75, 3.05) is 23.3 Å². The summed E-state index contributed by atoms with van der Waals surface area (Å²) in [5.74, 6) is 0.0120. The fourth-order valence-corrected chi connectivity index (χ4v) is 4.19. The minimum absolute atomic E-state index is 0.0574. The highest BCUT2D eigenvalue weighted by atomic mass is 16.2. The number of carbonyl (C=O) groups is 3. The standard InChI is InChI=1S/C22H29N3O3/c1-2-20(26)23-15-22(28)25-13-7-10-17-18(11-6-12-19(17)25)24-21(27)14-16-8-4-3-5-9-16/h2,6,11-12,16H,1,3-5,7-10,13-15H2,(H,23,26)(H,24,27). The van der Waals surface area contributed by atoms with Crippen LogP contribution in [0.25, 0.3) is 0 Å². The number of nitrogens with zero attached hydrogens (tertiary/aromatic N) is 1. The quantitative estimate of drug-likeness (QED) is 0.741. The normalized spacial score (nSPS) is 16.8. The number of fused-ring (bicyclic) bond motifs is 1. The summed E-state index contributed by atoms with van der Waals surface area (Å²) in [4.78, 5) is 38.1. The van der Waals surface area contributed by atoms with E-state index in [0.717, 1.165) is 48.7 Å². The van der Waals surface area contributed by atoms with Gasteiger partial charge < -0.3 is 15.5 Å². The second kappa shape index (κ2) is 9.53. The molecule has 0 bridgehead atoms. The number of carbonyl (C=O) groups excluding carboxylic acids is 3. The van der Waals surface area contributed by atoms with Gasteiger partial charge in [0.1, 0.15) is 0 Å². The van der Waals surface area contributed by atoms with Crippen LogP contribution >= 0.6 is 0 Å². The molecular formula is C22H29N3O3. The highest BCUT2D eigenvalue weighted by molar-refractivity contribution is 6.00. The molecule has 6 heteroatoms. The molecular weight excluding hydrogens is 354 g/mol. The lowest BCUT2D eigenvalue weighted by Gasteiger charge is -2.31. The first kappa shape index (κ1) is 20.1. The Morgan fingerprint density at radius 3 is 2.68 bits per heavy atom. The van der Waals surface area contributed by atoms with Crippen LogP contribution in [-0.2, 0) is 20.8 Å². The van der Waals surface area contributed by atoms with Crippen molar-refractivity contribution in [3.63, 3.8) is 0 Å². The van der Waals surface area contributed by atoms with E-state index in [4.69, 9.17) is 0 Å². The van der Waals surface area contributed by atoms with Gasteiger partial charge in [0.15, 0.2) is 0 Å². The van der Waals surface area contributed by atoms with E-state index in [1.54, 1.807) is 4.90 Å². The Balaban J connectivity index is 1.68. The fraction of sp³-hybridized carbons (Fsp3) is 0.500. The Bertz CT molecular complexity index is 753. The van der Waals surface area contributed by atoms with Gasteiger partial charge in [-0.15, -0.1) is 0 Å². The molecule has 0 unspecified atom stereocenters. The van der Waals surface area contributed by atoms with Crippen LogP contribution in [-0.4, -0.2) is 30.8 Å². The maximum Gasteiger partial charge on any atom is 0.246 e. The highest BCUT2D eigenvalue weighted by Gasteiger charge is 2.25. The predicted octanol–water partition coefficient (Wildman–Crippen LogP) is 3.18. The first-order valence-electron chi connectivity index (χ1n) is 10.2. The molecule has 0 radical (unpaired) electrons. The van der Waals surface area contributed by atoms with Crippen molar-refractivity contribution in [3.05, 3.63) is 36.4 Å². The van der Waals surface area contributed by atoms with Crippen molar-refractivity contribution >= 4 is 29.1 Å². The van der Waals surface area contributed by atoms with Gasteiger partial charge in [-0.1, -0.05) is 31.9 Å². The summed E-state index contributed by atoms with van der Waals surface area (Å²) < 4.78 is 0. The zero-order chi connectivity index (χ0) is 19.9. The van der Waals surface area contributed by atoms with Gasteiger partial charge >= 0.3 is 0 Å². The Morgan fingerprint density at radius 2 is 1.93 bits per heavy atom. The number of hydrogen-bond donors (Lipinski definition) is 2. The largest absolute Gasteiger partial charge is 0.343 e. The molecule has 1 heterocycles. The first-order chi connectivity index (χ1) is 13.6. The molecule has 3 rings (SSSR count). The predicted molar refractivity (Wildman–Crippen MR) is 110 cm³/mol. The van der Waals surface area contributed by atoms with Gasteiger partial charge in [-0.3, -0.25) is 14.4 Å². The molecule has 1 aromatic carbocycles. The molecule has 1 fully saturated rings. The average molecular weight is 383 g/mol. The Morgan fingerprint density at radius 1 is 1.14 bits per heavy atom. The van der Waals surface area contributed by atoms with Gasteiger partial charge in [-0.2, -0.15) is 0 Å². The van der Waals surface area contributed by atoms with Crippen LogP contribution < -0.4 is 15.5 Å². The molecule has 0 aromatic heterocycles. The van der Waals surface area contributed by atoms with E-state index >= 15 is 0 Å². The summed E-state index contributed by atoms with van der Waals surface area (Å²) in [7, 11) is 0. The number of nitrogens with one attached hydrogen (secondary N) is 2. The summed E-state index contributed by atoms with van der Waals surface area (Å²) in [5.41, 5.74) is 2.61. The lowest BCUT2D eigenvalue weighted by Crippen LogP contribution is -2.42. The second-order valence-corrected chi connectivity index (χ2v) is 7.63. The summed E-state index contributed by atoms with van der Waals surface area (Å²) in [6.07, 6.45) is 9.36. The summed E-state index contributed by atoms with van der Waals surface area (Å²) in [6.45, 7) is 3.93. The van der Waals surface area contributed by atoms with Crippen molar-refractivity contribution in [2.24, 2.45) is 5.92 Å². The zero-order valence-electron chi connectivity index (χ0n) is 16.3. The highest BCUT2D eigenvalue weighted by Crippen LogP contribution is 2.33. The van der Waals surface area contributed by atoms with Crippen LogP contribution in [0, 0.1) is 5.92 Å². The molecule has 1 saturated carbocycles. The molecule has 1 aromatic rings. The summed E-state index contributed by atoms with van der Waals surface area (Å²) >= 11 is 0. The molecule has 150 valence electrons. The van der Waals surface area contributed by atoms with Crippen molar-refractivity contribution in [1.29, 1.82) is 0 Å². The smallest absolute Gasteiger partial charge is 0.246 e. The Kier molecular flexibility index (Phi) is 6.85. The maximum atomic E-state index is 12.6. The molecule has 28 heavy (non-hydrogen) atoms. The summed E-state index contributed by atoms with van der Waals surface area (Å²) in [6, 6.07) is 5.67. The van der Waals surface area contributed by atoms with E-state index < -0.39 is 0 Å². The first-order valence-corrected chi connectivity index (χ1v) is 10.2. The maximum absolute atomic E-state index is 12.6. The van der Waals surface area contributed by atoms with Crippen LogP contribution in [0.5, 0.6) is 0 Å².